The lowest BCUT2D eigenvalue weighted by atomic mass is 10.2. The van der Waals surface area contributed by atoms with Gasteiger partial charge in [0, 0.05) is 24.7 Å². The number of benzene rings is 1. The number of aliphatic hydroxyl groups is 1. The SMILES string of the molecule is OCCNc1cc(N2Cc3cnn(Cc4ccc(F)cc4)c3C2)ncn1. The molecule has 134 valence electrons. The van der Waals surface area contributed by atoms with E-state index in [1.54, 1.807) is 12.1 Å². The molecule has 0 spiro atoms. The Balaban J connectivity index is 1.49. The van der Waals surface area contributed by atoms with Gasteiger partial charge in [0.2, 0.25) is 0 Å². The van der Waals surface area contributed by atoms with E-state index in [0.29, 0.717) is 25.5 Å². The van der Waals surface area contributed by atoms with Crippen LogP contribution in [0.15, 0.2) is 42.9 Å². The van der Waals surface area contributed by atoms with Crippen LogP contribution >= 0.6 is 0 Å². The van der Waals surface area contributed by atoms with E-state index in [-0.39, 0.29) is 12.4 Å². The minimum absolute atomic E-state index is 0.0493. The standard InChI is InChI=1S/C18H19FN6O/c19-15-3-1-13(2-4-15)9-25-16-11-24(10-14(16)8-23-25)18-7-17(20-5-6-26)21-12-22-18/h1-4,7-8,12,26H,5-6,9-11H2,(H,20,21,22). The van der Waals surface area contributed by atoms with E-state index < -0.39 is 0 Å². The molecular weight excluding hydrogens is 335 g/mol. The molecule has 3 aromatic rings. The molecule has 0 atom stereocenters. The Bertz CT molecular complexity index is 895. The summed E-state index contributed by atoms with van der Waals surface area (Å²) >= 11 is 0. The third-order valence-electron chi connectivity index (χ3n) is 4.38. The summed E-state index contributed by atoms with van der Waals surface area (Å²) in [6.07, 6.45) is 3.40. The zero-order chi connectivity index (χ0) is 17.9. The van der Waals surface area contributed by atoms with Gasteiger partial charge in [-0.1, -0.05) is 12.1 Å². The van der Waals surface area contributed by atoms with E-state index in [4.69, 9.17) is 5.11 Å². The fraction of sp³-hybridized carbons (Fsp3) is 0.278. The highest BCUT2D eigenvalue weighted by Crippen LogP contribution is 2.28. The van der Waals surface area contributed by atoms with Crippen LogP contribution < -0.4 is 10.2 Å². The first kappa shape index (κ1) is 16.5. The number of anilines is 2. The van der Waals surface area contributed by atoms with Gasteiger partial charge in [-0.15, -0.1) is 0 Å². The number of nitrogens with one attached hydrogen (secondary N) is 1. The van der Waals surface area contributed by atoms with E-state index in [1.807, 2.05) is 16.9 Å². The lowest BCUT2D eigenvalue weighted by molar-refractivity contribution is 0.311. The fourth-order valence-electron chi connectivity index (χ4n) is 3.07. The zero-order valence-corrected chi connectivity index (χ0v) is 14.1. The Labute approximate surface area is 150 Å². The van der Waals surface area contributed by atoms with E-state index in [2.05, 4.69) is 25.3 Å². The van der Waals surface area contributed by atoms with E-state index in [0.717, 1.165) is 29.2 Å². The summed E-state index contributed by atoms with van der Waals surface area (Å²) < 4.78 is 15.0. The number of rotatable bonds is 6. The maximum absolute atomic E-state index is 13.1. The van der Waals surface area contributed by atoms with Crippen LogP contribution in [0.25, 0.3) is 0 Å². The molecule has 0 aliphatic carbocycles. The zero-order valence-electron chi connectivity index (χ0n) is 14.1. The number of hydrogen-bond acceptors (Lipinski definition) is 6. The largest absolute Gasteiger partial charge is 0.395 e. The van der Waals surface area contributed by atoms with Crippen LogP contribution in [0.1, 0.15) is 16.8 Å². The predicted octanol–water partition coefficient (Wildman–Crippen LogP) is 1.78. The third-order valence-corrected chi connectivity index (χ3v) is 4.38. The monoisotopic (exact) mass is 354 g/mol. The first-order valence-corrected chi connectivity index (χ1v) is 8.42. The predicted molar refractivity (Wildman–Crippen MR) is 95.2 cm³/mol. The Kier molecular flexibility index (Phi) is 4.49. The summed E-state index contributed by atoms with van der Waals surface area (Å²) in [5, 5.41) is 16.4. The number of aliphatic hydroxyl groups excluding tert-OH is 1. The summed E-state index contributed by atoms with van der Waals surface area (Å²) in [7, 11) is 0. The second-order valence-electron chi connectivity index (χ2n) is 6.17. The molecule has 1 aromatic carbocycles. The van der Waals surface area contributed by atoms with Gasteiger partial charge in [-0.25, -0.2) is 14.4 Å². The molecule has 0 bridgehead atoms. The second-order valence-corrected chi connectivity index (χ2v) is 6.17. The quantitative estimate of drug-likeness (QED) is 0.703. The van der Waals surface area contributed by atoms with E-state index >= 15 is 0 Å². The van der Waals surface area contributed by atoms with Crippen molar-refractivity contribution in [2.45, 2.75) is 19.6 Å². The molecule has 0 amide bonds. The molecule has 7 nitrogen and oxygen atoms in total. The lowest BCUT2D eigenvalue weighted by Gasteiger charge is -2.17. The molecular formula is C18H19FN6O. The summed E-state index contributed by atoms with van der Waals surface area (Å²) in [5.74, 6) is 1.28. The molecule has 0 saturated carbocycles. The Morgan fingerprint density at radius 3 is 2.81 bits per heavy atom. The van der Waals surface area contributed by atoms with Crippen molar-refractivity contribution in [1.29, 1.82) is 0 Å². The smallest absolute Gasteiger partial charge is 0.134 e. The van der Waals surface area contributed by atoms with Crippen LogP contribution in [-0.4, -0.2) is 38.0 Å². The highest BCUT2D eigenvalue weighted by molar-refractivity contribution is 5.51. The third kappa shape index (κ3) is 3.36. The van der Waals surface area contributed by atoms with Gasteiger partial charge < -0.3 is 15.3 Å². The normalized spacial score (nSPS) is 13.1. The molecule has 8 heteroatoms. The molecule has 0 fully saturated rings. The second kappa shape index (κ2) is 7.09. The molecule has 2 N–H and O–H groups in total. The molecule has 0 radical (unpaired) electrons. The van der Waals surface area contributed by atoms with Gasteiger partial charge in [0.05, 0.1) is 31.6 Å². The molecule has 26 heavy (non-hydrogen) atoms. The van der Waals surface area contributed by atoms with Crippen LogP contribution in [-0.2, 0) is 19.6 Å². The van der Waals surface area contributed by atoms with Crippen molar-refractivity contribution in [3.05, 3.63) is 65.5 Å². The summed E-state index contributed by atoms with van der Waals surface area (Å²) in [4.78, 5) is 10.7. The van der Waals surface area contributed by atoms with Crippen molar-refractivity contribution < 1.29 is 9.50 Å². The van der Waals surface area contributed by atoms with Crippen molar-refractivity contribution in [2.75, 3.05) is 23.4 Å². The van der Waals surface area contributed by atoms with Gasteiger partial charge in [-0.05, 0) is 17.7 Å². The Morgan fingerprint density at radius 1 is 1.15 bits per heavy atom. The van der Waals surface area contributed by atoms with Gasteiger partial charge in [-0.2, -0.15) is 5.10 Å². The number of halogens is 1. The first-order chi connectivity index (χ1) is 12.7. The molecule has 3 heterocycles. The summed E-state index contributed by atoms with van der Waals surface area (Å²) in [6.45, 7) is 2.54. The maximum Gasteiger partial charge on any atom is 0.134 e. The first-order valence-electron chi connectivity index (χ1n) is 8.42. The van der Waals surface area contributed by atoms with Gasteiger partial charge in [0.25, 0.3) is 0 Å². The van der Waals surface area contributed by atoms with Crippen molar-refractivity contribution in [3.63, 3.8) is 0 Å². The average Bonchev–Trinajstić information content (AvgIpc) is 3.24. The number of nitrogens with zero attached hydrogens (tertiary/aromatic N) is 5. The minimum atomic E-state index is -0.236. The van der Waals surface area contributed by atoms with Crippen LogP contribution in [0.3, 0.4) is 0 Å². The molecule has 1 aliphatic heterocycles. The number of hydrogen-bond donors (Lipinski definition) is 2. The van der Waals surface area contributed by atoms with E-state index in [9.17, 15) is 4.39 Å². The van der Waals surface area contributed by atoms with Crippen molar-refractivity contribution >= 4 is 11.6 Å². The molecule has 1 aliphatic rings. The van der Waals surface area contributed by atoms with Crippen LogP contribution in [0.2, 0.25) is 0 Å². The molecule has 0 unspecified atom stereocenters. The highest BCUT2D eigenvalue weighted by Gasteiger charge is 2.25. The van der Waals surface area contributed by atoms with Gasteiger partial charge in [-0.3, -0.25) is 4.68 Å². The van der Waals surface area contributed by atoms with Crippen molar-refractivity contribution in [1.82, 2.24) is 19.7 Å². The minimum Gasteiger partial charge on any atom is -0.395 e. The van der Waals surface area contributed by atoms with Crippen molar-refractivity contribution in [2.24, 2.45) is 0 Å². The lowest BCUT2D eigenvalue weighted by Crippen LogP contribution is -2.19. The van der Waals surface area contributed by atoms with Crippen molar-refractivity contribution in [3.8, 4) is 0 Å². The highest BCUT2D eigenvalue weighted by atomic mass is 19.1. The van der Waals surface area contributed by atoms with Crippen LogP contribution in [0.5, 0.6) is 0 Å². The molecule has 2 aromatic heterocycles. The van der Waals surface area contributed by atoms with E-state index in [1.165, 1.54) is 18.5 Å². The number of fused-ring (bicyclic) bond motifs is 1. The van der Waals surface area contributed by atoms with Gasteiger partial charge >= 0.3 is 0 Å². The summed E-state index contributed by atoms with van der Waals surface area (Å²) in [5.41, 5.74) is 3.31. The Morgan fingerprint density at radius 2 is 2.00 bits per heavy atom. The van der Waals surface area contributed by atoms with Gasteiger partial charge in [0.15, 0.2) is 0 Å². The fourth-order valence-corrected chi connectivity index (χ4v) is 3.07. The molecule has 4 rings (SSSR count). The molecule has 0 saturated heterocycles. The average molecular weight is 354 g/mol. The maximum atomic E-state index is 13.1. The van der Waals surface area contributed by atoms with Gasteiger partial charge in [0.1, 0.15) is 23.8 Å². The summed E-state index contributed by atoms with van der Waals surface area (Å²) in [6, 6.07) is 8.36. The number of aromatic nitrogens is 4. The van der Waals surface area contributed by atoms with Crippen LogP contribution in [0.4, 0.5) is 16.0 Å². The van der Waals surface area contributed by atoms with Crippen LogP contribution in [0, 0.1) is 5.82 Å². The Hall–Kier alpha value is -3.00. The topological polar surface area (TPSA) is 79.1 Å².